The van der Waals surface area contributed by atoms with E-state index in [2.05, 4.69) is 5.10 Å². The molecule has 0 aliphatic carbocycles. The molecule has 7 nitrogen and oxygen atoms in total. The van der Waals surface area contributed by atoms with Crippen molar-refractivity contribution < 1.29 is 27.1 Å². The molecule has 0 saturated carbocycles. The van der Waals surface area contributed by atoms with Gasteiger partial charge in [-0.05, 0) is 53.1 Å². The molecule has 5 rings (SSSR count). The summed E-state index contributed by atoms with van der Waals surface area (Å²) in [6, 6.07) is 17.2. The number of rotatable bonds is 5. The summed E-state index contributed by atoms with van der Waals surface area (Å²) in [6.45, 7) is 2.45. The van der Waals surface area contributed by atoms with E-state index in [0.717, 1.165) is 29.0 Å². The van der Waals surface area contributed by atoms with Crippen LogP contribution in [-0.2, 0) is 20.4 Å². The molecule has 0 radical (unpaired) electrons. The Morgan fingerprint density at radius 2 is 1.69 bits per heavy atom. The van der Waals surface area contributed by atoms with Gasteiger partial charge in [-0.25, -0.2) is 17.8 Å². The Bertz CT molecular complexity index is 1400. The summed E-state index contributed by atoms with van der Waals surface area (Å²) in [7, 11) is -3.61. The summed E-state index contributed by atoms with van der Waals surface area (Å²) in [5.41, 5.74) is 3.03. The Hall–Kier alpha value is -3.72. The molecule has 9 heteroatoms. The van der Waals surface area contributed by atoms with Crippen LogP contribution in [-0.4, -0.2) is 38.3 Å². The highest BCUT2D eigenvalue weighted by Gasteiger charge is 2.32. The number of benzene rings is 3. The van der Waals surface area contributed by atoms with Crippen molar-refractivity contribution in [1.29, 1.82) is 0 Å². The highest BCUT2D eigenvalue weighted by molar-refractivity contribution is 7.90. The van der Waals surface area contributed by atoms with Crippen molar-refractivity contribution in [1.82, 2.24) is 5.01 Å². The minimum atomic E-state index is -3.61. The number of carbonyl (C=O) groups excluding carboxylic acids is 1. The third kappa shape index (κ3) is 4.77. The van der Waals surface area contributed by atoms with Crippen LogP contribution in [0.1, 0.15) is 36.1 Å². The minimum absolute atomic E-state index is 0.0718. The summed E-state index contributed by atoms with van der Waals surface area (Å²) >= 11 is 0. The highest BCUT2D eigenvalue weighted by Crippen LogP contribution is 2.38. The predicted molar refractivity (Wildman–Crippen MR) is 128 cm³/mol. The first-order valence-corrected chi connectivity index (χ1v) is 12.8. The first-order chi connectivity index (χ1) is 16.8. The fraction of sp³-hybridized carbons (Fsp3) is 0.231. The number of hydrogen-bond donors (Lipinski definition) is 0. The molecule has 0 N–H and O–H groups in total. The SMILES string of the molecule is CC(=O)N1N=C(c2ccc(CS(=O)(=O)c3ccc(F)cc3)cc2)CC1c1ccc2c(c1)OCCO2. The molecule has 1 amide bonds. The lowest BCUT2D eigenvalue weighted by Crippen LogP contribution is -2.24. The van der Waals surface area contributed by atoms with E-state index in [1.807, 2.05) is 18.2 Å². The van der Waals surface area contributed by atoms with Crippen LogP contribution in [0.5, 0.6) is 11.5 Å². The van der Waals surface area contributed by atoms with Crippen LogP contribution in [0, 0.1) is 5.82 Å². The molecular formula is C26H23FN2O5S. The average Bonchev–Trinajstić information content (AvgIpc) is 3.30. The molecule has 0 spiro atoms. The number of hydrogen-bond acceptors (Lipinski definition) is 6. The van der Waals surface area contributed by atoms with E-state index >= 15 is 0 Å². The fourth-order valence-corrected chi connectivity index (χ4v) is 5.59. The van der Waals surface area contributed by atoms with Gasteiger partial charge >= 0.3 is 0 Å². The van der Waals surface area contributed by atoms with Crippen LogP contribution < -0.4 is 9.47 Å². The maximum Gasteiger partial charge on any atom is 0.240 e. The zero-order valence-electron chi connectivity index (χ0n) is 19.0. The van der Waals surface area contributed by atoms with Crippen molar-refractivity contribution in [3.8, 4) is 11.5 Å². The molecular weight excluding hydrogens is 471 g/mol. The van der Waals surface area contributed by atoms with Crippen LogP contribution in [0.4, 0.5) is 4.39 Å². The zero-order valence-corrected chi connectivity index (χ0v) is 19.8. The first-order valence-electron chi connectivity index (χ1n) is 11.1. The van der Waals surface area contributed by atoms with Gasteiger partial charge in [-0.1, -0.05) is 30.3 Å². The van der Waals surface area contributed by atoms with E-state index < -0.39 is 15.7 Å². The van der Waals surface area contributed by atoms with Gasteiger partial charge in [0, 0.05) is 13.3 Å². The van der Waals surface area contributed by atoms with Gasteiger partial charge in [-0.15, -0.1) is 0 Å². The Balaban J connectivity index is 1.35. The van der Waals surface area contributed by atoms with Crippen LogP contribution in [0.15, 0.2) is 76.7 Å². The Morgan fingerprint density at radius 1 is 1.00 bits per heavy atom. The third-order valence-corrected chi connectivity index (χ3v) is 7.70. The number of hydrazone groups is 1. The van der Waals surface area contributed by atoms with Gasteiger partial charge in [0.05, 0.1) is 22.4 Å². The fourth-order valence-electron chi connectivity index (χ4n) is 4.24. The highest BCUT2D eigenvalue weighted by atomic mass is 32.2. The van der Waals surface area contributed by atoms with Gasteiger partial charge in [0.2, 0.25) is 5.91 Å². The number of carbonyl (C=O) groups is 1. The number of fused-ring (bicyclic) bond motifs is 1. The van der Waals surface area contributed by atoms with E-state index in [0.29, 0.717) is 36.7 Å². The molecule has 35 heavy (non-hydrogen) atoms. The Morgan fingerprint density at radius 3 is 2.37 bits per heavy atom. The molecule has 0 saturated heterocycles. The Kier molecular flexibility index (Phi) is 6.02. The van der Waals surface area contributed by atoms with E-state index in [1.165, 1.54) is 24.1 Å². The smallest absolute Gasteiger partial charge is 0.240 e. The van der Waals surface area contributed by atoms with Crippen LogP contribution in [0.25, 0.3) is 0 Å². The summed E-state index contributed by atoms with van der Waals surface area (Å²) < 4.78 is 49.7. The van der Waals surface area contributed by atoms with Crippen molar-refractivity contribution in [2.24, 2.45) is 5.10 Å². The number of amides is 1. The van der Waals surface area contributed by atoms with Crippen LogP contribution in [0.3, 0.4) is 0 Å². The molecule has 0 fully saturated rings. The molecule has 2 heterocycles. The van der Waals surface area contributed by atoms with Crippen LogP contribution >= 0.6 is 0 Å². The zero-order chi connectivity index (χ0) is 24.6. The number of nitrogens with zero attached hydrogens (tertiary/aromatic N) is 2. The van der Waals surface area contributed by atoms with E-state index in [-0.39, 0.29) is 22.6 Å². The van der Waals surface area contributed by atoms with Gasteiger partial charge in [0.25, 0.3) is 0 Å². The van der Waals surface area contributed by atoms with Gasteiger partial charge in [-0.3, -0.25) is 4.79 Å². The molecule has 1 atom stereocenters. The van der Waals surface area contributed by atoms with E-state index in [9.17, 15) is 17.6 Å². The summed E-state index contributed by atoms with van der Waals surface area (Å²) in [5, 5.41) is 6.03. The molecule has 1 unspecified atom stereocenters. The normalized spacial score (nSPS) is 17.3. The standard InChI is InChI=1S/C26H23FN2O5S/c1-17(30)29-24(20-6-11-25-26(14-20)34-13-12-33-25)15-23(28-29)19-4-2-18(3-5-19)16-35(31,32)22-9-7-21(27)8-10-22/h2-11,14,24H,12-13,15-16H2,1H3. The third-order valence-electron chi connectivity index (χ3n) is 6.00. The molecule has 0 bridgehead atoms. The van der Waals surface area contributed by atoms with Crippen molar-refractivity contribution in [3.05, 3.63) is 89.2 Å². The first kappa shape index (κ1) is 23.0. The molecule has 0 aromatic heterocycles. The topological polar surface area (TPSA) is 85.3 Å². The molecule has 180 valence electrons. The predicted octanol–water partition coefficient (Wildman–Crippen LogP) is 4.27. The van der Waals surface area contributed by atoms with Gasteiger partial charge in [-0.2, -0.15) is 5.10 Å². The molecule has 2 aliphatic rings. The van der Waals surface area contributed by atoms with Crippen molar-refractivity contribution in [2.45, 2.75) is 30.0 Å². The quantitative estimate of drug-likeness (QED) is 0.495. The largest absolute Gasteiger partial charge is 0.486 e. The maximum absolute atomic E-state index is 13.1. The number of sulfone groups is 1. The van der Waals surface area contributed by atoms with Crippen molar-refractivity contribution >= 4 is 21.5 Å². The minimum Gasteiger partial charge on any atom is -0.486 e. The van der Waals surface area contributed by atoms with Crippen molar-refractivity contribution in [2.75, 3.05) is 13.2 Å². The summed E-state index contributed by atoms with van der Waals surface area (Å²) in [6.07, 6.45) is 0.506. The molecule has 3 aromatic carbocycles. The lowest BCUT2D eigenvalue weighted by molar-refractivity contribution is -0.130. The number of ether oxygens (including phenoxy) is 2. The van der Waals surface area contributed by atoms with Crippen molar-refractivity contribution in [3.63, 3.8) is 0 Å². The second-order valence-electron chi connectivity index (χ2n) is 8.44. The second kappa shape index (κ2) is 9.14. The lowest BCUT2D eigenvalue weighted by atomic mass is 9.97. The average molecular weight is 495 g/mol. The molecule has 3 aromatic rings. The van der Waals surface area contributed by atoms with Gasteiger partial charge in [0.1, 0.15) is 19.0 Å². The summed E-state index contributed by atoms with van der Waals surface area (Å²) in [5.74, 6) is 0.462. The van der Waals surface area contributed by atoms with E-state index in [1.54, 1.807) is 24.3 Å². The Labute approximate surface area is 202 Å². The van der Waals surface area contributed by atoms with Gasteiger partial charge in [0.15, 0.2) is 21.3 Å². The van der Waals surface area contributed by atoms with E-state index in [4.69, 9.17) is 9.47 Å². The maximum atomic E-state index is 13.1. The second-order valence-corrected chi connectivity index (χ2v) is 10.4. The van der Waals surface area contributed by atoms with Crippen LogP contribution in [0.2, 0.25) is 0 Å². The lowest BCUT2D eigenvalue weighted by Gasteiger charge is -2.23. The molecule has 2 aliphatic heterocycles. The monoisotopic (exact) mass is 494 g/mol. The van der Waals surface area contributed by atoms with Gasteiger partial charge < -0.3 is 9.47 Å². The summed E-state index contributed by atoms with van der Waals surface area (Å²) in [4.78, 5) is 12.4. The number of halogens is 1.